The molecule has 2 aromatic heterocycles. The molecular weight excluding hydrogens is 419 g/mol. The Morgan fingerprint density at radius 2 is 1.82 bits per heavy atom. The van der Waals surface area contributed by atoms with Gasteiger partial charge in [0, 0.05) is 38.3 Å². The Morgan fingerprint density at radius 3 is 2.45 bits per heavy atom. The molecule has 7 nitrogen and oxygen atoms in total. The number of nitrogens with zero attached hydrogens (tertiary/aromatic N) is 6. The second-order valence-corrected chi connectivity index (χ2v) is 8.74. The van der Waals surface area contributed by atoms with Crippen LogP contribution in [0, 0.1) is 26.6 Å². The van der Waals surface area contributed by atoms with Crippen molar-refractivity contribution in [1.82, 2.24) is 20.2 Å². The molecule has 172 valence electrons. The van der Waals surface area contributed by atoms with Crippen molar-refractivity contribution >= 4 is 17.5 Å². The highest BCUT2D eigenvalue weighted by Crippen LogP contribution is 2.26. The van der Waals surface area contributed by atoms with E-state index in [1.165, 1.54) is 19.1 Å². The van der Waals surface area contributed by atoms with E-state index in [2.05, 4.69) is 50.7 Å². The minimum atomic E-state index is -0.239. The number of ketones is 1. The van der Waals surface area contributed by atoms with Gasteiger partial charge >= 0.3 is 0 Å². The van der Waals surface area contributed by atoms with Gasteiger partial charge in [-0.15, -0.1) is 5.10 Å². The Balaban J connectivity index is 1.49. The number of rotatable bonds is 5. The SMILES string of the molecule is CC(=O)c1cnc(N2CCN(c3nnc(Cc4ccc(F)cc4)c(C)c3C)C[C@H]2C)nc1C. The number of hydrogen-bond donors (Lipinski definition) is 0. The van der Waals surface area contributed by atoms with Gasteiger partial charge in [-0.2, -0.15) is 5.10 Å². The maximum absolute atomic E-state index is 13.2. The fraction of sp³-hybridized carbons (Fsp3) is 0.400. The molecule has 0 N–H and O–H groups in total. The summed E-state index contributed by atoms with van der Waals surface area (Å²) < 4.78 is 13.2. The van der Waals surface area contributed by atoms with E-state index in [1.54, 1.807) is 18.3 Å². The van der Waals surface area contributed by atoms with Gasteiger partial charge in [0.05, 0.1) is 17.0 Å². The second-order valence-electron chi connectivity index (χ2n) is 8.74. The predicted octanol–water partition coefficient (Wildman–Crippen LogP) is 3.84. The van der Waals surface area contributed by atoms with Gasteiger partial charge in [0.25, 0.3) is 0 Å². The van der Waals surface area contributed by atoms with Crippen LogP contribution in [0.15, 0.2) is 30.5 Å². The number of carbonyl (C=O) groups excluding carboxylic acids is 1. The van der Waals surface area contributed by atoms with Crippen LogP contribution in [0.2, 0.25) is 0 Å². The first-order valence-corrected chi connectivity index (χ1v) is 11.2. The lowest BCUT2D eigenvalue weighted by Crippen LogP contribution is -2.53. The maximum atomic E-state index is 13.2. The molecule has 0 aliphatic carbocycles. The molecule has 3 aromatic rings. The van der Waals surface area contributed by atoms with E-state index in [0.29, 0.717) is 23.6 Å². The zero-order valence-corrected chi connectivity index (χ0v) is 19.8. The summed E-state index contributed by atoms with van der Waals surface area (Å²) in [5, 5.41) is 9.08. The van der Waals surface area contributed by atoms with Crippen molar-refractivity contribution in [2.24, 2.45) is 0 Å². The van der Waals surface area contributed by atoms with Crippen molar-refractivity contribution in [2.75, 3.05) is 29.4 Å². The van der Waals surface area contributed by atoms with Crippen LogP contribution in [0.25, 0.3) is 0 Å². The Labute approximate surface area is 193 Å². The van der Waals surface area contributed by atoms with Crippen LogP contribution in [0.1, 0.15) is 52.3 Å². The van der Waals surface area contributed by atoms with Crippen LogP contribution in [-0.2, 0) is 6.42 Å². The molecule has 8 heteroatoms. The predicted molar refractivity (Wildman–Crippen MR) is 127 cm³/mol. The van der Waals surface area contributed by atoms with E-state index in [4.69, 9.17) is 0 Å². The third-order valence-electron chi connectivity index (χ3n) is 6.41. The van der Waals surface area contributed by atoms with E-state index in [1.807, 2.05) is 6.92 Å². The molecule has 33 heavy (non-hydrogen) atoms. The lowest BCUT2D eigenvalue weighted by molar-refractivity contribution is 0.101. The lowest BCUT2D eigenvalue weighted by Gasteiger charge is -2.40. The van der Waals surface area contributed by atoms with Crippen LogP contribution in [-0.4, -0.2) is 51.6 Å². The van der Waals surface area contributed by atoms with Crippen molar-refractivity contribution in [3.63, 3.8) is 0 Å². The molecule has 0 amide bonds. The number of benzene rings is 1. The molecule has 0 unspecified atom stereocenters. The fourth-order valence-electron chi connectivity index (χ4n) is 4.29. The quantitative estimate of drug-likeness (QED) is 0.549. The smallest absolute Gasteiger partial charge is 0.225 e. The Kier molecular flexibility index (Phi) is 6.35. The molecule has 1 aromatic carbocycles. The Hall–Kier alpha value is -3.42. The summed E-state index contributed by atoms with van der Waals surface area (Å²) in [6.07, 6.45) is 2.25. The zero-order chi connectivity index (χ0) is 23.7. The van der Waals surface area contributed by atoms with Gasteiger partial charge in [-0.25, -0.2) is 14.4 Å². The van der Waals surface area contributed by atoms with Crippen LogP contribution >= 0.6 is 0 Å². The molecule has 3 heterocycles. The van der Waals surface area contributed by atoms with Crippen molar-refractivity contribution in [3.8, 4) is 0 Å². The summed E-state index contributed by atoms with van der Waals surface area (Å²) in [5.74, 6) is 1.28. The first-order valence-electron chi connectivity index (χ1n) is 11.2. The summed E-state index contributed by atoms with van der Waals surface area (Å²) in [5.41, 5.74) is 5.40. The van der Waals surface area contributed by atoms with Crippen LogP contribution in [0.3, 0.4) is 0 Å². The molecule has 0 spiro atoms. The van der Waals surface area contributed by atoms with Gasteiger partial charge in [0.2, 0.25) is 5.95 Å². The van der Waals surface area contributed by atoms with E-state index >= 15 is 0 Å². The molecular formula is C25H29FN6O. The van der Waals surface area contributed by atoms with Gasteiger partial charge in [-0.05, 0) is 63.4 Å². The Bertz CT molecular complexity index is 1180. The number of piperazine rings is 1. The minimum Gasteiger partial charge on any atom is -0.351 e. The first-order chi connectivity index (χ1) is 15.7. The van der Waals surface area contributed by atoms with Gasteiger partial charge in [0.1, 0.15) is 5.82 Å². The van der Waals surface area contributed by atoms with E-state index in [9.17, 15) is 9.18 Å². The van der Waals surface area contributed by atoms with Gasteiger partial charge in [0.15, 0.2) is 11.6 Å². The topological polar surface area (TPSA) is 75.1 Å². The molecule has 0 bridgehead atoms. The number of aromatic nitrogens is 4. The molecule has 1 atom stereocenters. The molecule has 0 saturated carbocycles. The van der Waals surface area contributed by atoms with Gasteiger partial charge in [-0.3, -0.25) is 4.79 Å². The van der Waals surface area contributed by atoms with E-state index in [-0.39, 0.29) is 17.6 Å². The zero-order valence-electron chi connectivity index (χ0n) is 19.8. The number of Topliss-reactive ketones (excluding diaryl/α,β-unsaturated/α-hetero) is 1. The number of hydrogen-bond acceptors (Lipinski definition) is 7. The highest BCUT2D eigenvalue weighted by atomic mass is 19.1. The summed E-state index contributed by atoms with van der Waals surface area (Å²) >= 11 is 0. The van der Waals surface area contributed by atoms with Crippen molar-refractivity contribution < 1.29 is 9.18 Å². The van der Waals surface area contributed by atoms with Crippen LogP contribution < -0.4 is 9.80 Å². The van der Waals surface area contributed by atoms with Crippen LogP contribution in [0.4, 0.5) is 16.2 Å². The van der Waals surface area contributed by atoms with Crippen molar-refractivity contribution in [3.05, 3.63) is 69.9 Å². The van der Waals surface area contributed by atoms with Crippen molar-refractivity contribution in [2.45, 2.75) is 47.1 Å². The molecule has 1 saturated heterocycles. The highest BCUT2D eigenvalue weighted by molar-refractivity contribution is 5.94. The molecule has 1 aliphatic heterocycles. The largest absolute Gasteiger partial charge is 0.351 e. The Morgan fingerprint density at radius 1 is 1.09 bits per heavy atom. The summed E-state index contributed by atoms with van der Waals surface area (Å²) in [6.45, 7) is 12.0. The monoisotopic (exact) mass is 448 g/mol. The second kappa shape index (κ2) is 9.21. The average Bonchev–Trinajstić information content (AvgIpc) is 2.78. The fourth-order valence-corrected chi connectivity index (χ4v) is 4.29. The molecule has 1 fully saturated rings. The standard InChI is InChI=1S/C25H29FN6O/c1-15-14-31(10-11-32(15)25-27-13-22(19(5)33)18(4)28-25)24-17(3)16(2)23(29-30-24)12-20-6-8-21(26)9-7-20/h6-9,13,15H,10-12,14H2,1-5H3/t15-/m1/s1. The molecule has 1 aliphatic rings. The number of aryl methyl sites for hydroxylation is 1. The van der Waals surface area contributed by atoms with Gasteiger partial charge < -0.3 is 9.80 Å². The molecule has 0 radical (unpaired) electrons. The summed E-state index contributed by atoms with van der Waals surface area (Å²) in [4.78, 5) is 25.1. The maximum Gasteiger partial charge on any atom is 0.225 e. The number of halogens is 1. The van der Waals surface area contributed by atoms with Crippen LogP contribution in [0.5, 0.6) is 0 Å². The third-order valence-corrected chi connectivity index (χ3v) is 6.41. The van der Waals surface area contributed by atoms with Crippen molar-refractivity contribution in [1.29, 1.82) is 0 Å². The molecule has 4 rings (SSSR count). The third kappa shape index (κ3) is 4.69. The minimum absolute atomic E-state index is 0.0239. The lowest BCUT2D eigenvalue weighted by atomic mass is 10.0. The number of anilines is 2. The van der Waals surface area contributed by atoms with Gasteiger partial charge in [-0.1, -0.05) is 12.1 Å². The van der Waals surface area contributed by atoms with E-state index in [0.717, 1.165) is 47.8 Å². The highest BCUT2D eigenvalue weighted by Gasteiger charge is 2.28. The first kappa shape index (κ1) is 22.8. The normalized spacial score (nSPS) is 16.2. The summed E-state index contributed by atoms with van der Waals surface area (Å²) in [7, 11) is 0. The average molecular weight is 449 g/mol. The summed E-state index contributed by atoms with van der Waals surface area (Å²) in [6, 6.07) is 6.68. The number of carbonyl (C=O) groups is 1. The van der Waals surface area contributed by atoms with E-state index < -0.39 is 0 Å².